The SMILES string of the molecule is O=C(c1cc(Cl)ccc1Cl)N1C(=O)[C@@H]2CCCN2C(=O)c2ccccc21. The van der Waals surface area contributed by atoms with E-state index >= 15 is 0 Å². The zero-order chi connectivity index (χ0) is 18.4. The van der Waals surface area contributed by atoms with Crippen LogP contribution in [-0.2, 0) is 4.79 Å². The lowest BCUT2D eigenvalue weighted by Gasteiger charge is -2.24. The minimum absolute atomic E-state index is 0.126. The molecule has 0 aliphatic carbocycles. The van der Waals surface area contributed by atoms with E-state index in [0.29, 0.717) is 23.6 Å². The Morgan fingerprint density at radius 2 is 1.85 bits per heavy atom. The number of halogens is 2. The molecule has 0 N–H and O–H groups in total. The van der Waals surface area contributed by atoms with Crippen molar-refractivity contribution in [2.24, 2.45) is 0 Å². The molecule has 1 saturated heterocycles. The number of hydrogen-bond donors (Lipinski definition) is 0. The summed E-state index contributed by atoms with van der Waals surface area (Å²) in [5.74, 6) is -1.23. The summed E-state index contributed by atoms with van der Waals surface area (Å²) in [5, 5.41) is 0.537. The predicted octanol–water partition coefficient (Wildman–Crippen LogP) is 3.79. The zero-order valence-corrected chi connectivity index (χ0v) is 15.1. The van der Waals surface area contributed by atoms with Crippen LogP contribution >= 0.6 is 23.2 Å². The van der Waals surface area contributed by atoms with Gasteiger partial charge in [-0.3, -0.25) is 14.4 Å². The summed E-state index contributed by atoms with van der Waals surface area (Å²) >= 11 is 12.2. The molecule has 0 bridgehead atoms. The van der Waals surface area contributed by atoms with E-state index in [9.17, 15) is 14.4 Å². The Morgan fingerprint density at radius 3 is 2.65 bits per heavy atom. The van der Waals surface area contributed by atoms with Crippen LogP contribution in [0.15, 0.2) is 42.5 Å². The molecule has 132 valence electrons. The number of hydrogen-bond acceptors (Lipinski definition) is 3. The summed E-state index contributed by atoms with van der Waals surface area (Å²) < 4.78 is 0. The summed E-state index contributed by atoms with van der Waals surface area (Å²) in [7, 11) is 0. The molecule has 0 aromatic heterocycles. The Kier molecular flexibility index (Phi) is 4.21. The van der Waals surface area contributed by atoms with Crippen molar-refractivity contribution in [1.82, 2.24) is 4.90 Å². The van der Waals surface area contributed by atoms with Gasteiger partial charge in [-0.05, 0) is 43.2 Å². The van der Waals surface area contributed by atoms with Crippen molar-refractivity contribution < 1.29 is 14.4 Å². The van der Waals surface area contributed by atoms with E-state index in [2.05, 4.69) is 0 Å². The summed E-state index contributed by atoms with van der Waals surface area (Å²) in [5.41, 5.74) is 0.732. The van der Waals surface area contributed by atoms with E-state index in [4.69, 9.17) is 23.2 Å². The van der Waals surface area contributed by atoms with E-state index in [-0.39, 0.29) is 22.2 Å². The van der Waals surface area contributed by atoms with Gasteiger partial charge in [-0.15, -0.1) is 0 Å². The second-order valence-corrected chi connectivity index (χ2v) is 7.12. The number of anilines is 1. The fourth-order valence-corrected chi connectivity index (χ4v) is 3.90. The van der Waals surface area contributed by atoms with Gasteiger partial charge in [-0.1, -0.05) is 35.3 Å². The molecular weight excluding hydrogens is 375 g/mol. The lowest BCUT2D eigenvalue weighted by molar-refractivity contribution is -0.121. The molecule has 0 spiro atoms. The fourth-order valence-electron chi connectivity index (χ4n) is 3.53. The van der Waals surface area contributed by atoms with E-state index < -0.39 is 17.9 Å². The molecule has 5 nitrogen and oxygen atoms in total. The first kappa shape index (κ1) is 17.1. The third-order valence-electron chi connectivity index (χ3n) is 4.76. The molecule has 2 heterocycles. The predicted molar refractivity (Wildman–Crippen MR) is 98.8 cm³/mol. The third kappa shape index (κ3) is 2.59. The van der Waals surface area contributed by atoms with Crippen molar-refractivity contribution in [2.75, 3.05) is 11.4 Å². The summed E-state index contributed by atoms with van der Waals surface area (Å²) in [6.45, 7) is 0.503. The van der Waals surface area contributed by atoms with Crippen molar-refractivity contribution in [2.45, 2.75) is 18.9 Å². The Morgan fingerprint density at radius 1 is 1.08 bits per heavy atom. The number of rotatable bonds is 1. The Bertz CT molecular complexity index is 944. The Labute approximate surface area is 160 Å². The Balaban J connectivity index is 1.89. The normalized spacial score (nSPS) is 19.2. The van der Waals surface area contributed by atoms with Gasteiger partial charge in [-0.25, -0.2) is 4.90 Å². The first-order valence-corrected chi connectivity index (χ1v) is 8.98. The first-order valence-electron chi connectivity index (χ1n) is 8.22. The molecule has 2 aromatic rings. The molecule has 2 aliphatic heterocycles. The highest BCUT2D eigenvalue weighted by molar-refractivity contribution is 6.38. The van der Waals surface area contributed by atoms with E-state index in [0.717, 1.165) is 11.3 Å². The molecular formula is C19H14Cl2N2O3. The number of nitrogens with zero attached hydrogens (tertiary/aromatic N) is 2. The smallest absolute Gasteiger partial charge is 0.266 e. The van der Waals surface area contributed by atoms with Gasteiger partial charge in [0.25, 0.3) is 17.7 Å². The van der Waals surface area contributed by atoms with Crippen molar-refractivity contribution in [3.8, 4) is 0 Å². The summed E-state index contributed by atoms with van der Waals surface area (Å²) in [6.07, 6.45) is 1.26. The van der Waals surface area contributed by atoms with Crippen LogP contribution in [0.3, 0.4) is 0 Å². The maximum Gasteiger partial charge on any atom is 0.266 e. The molecule has 0 radical (unpaired) electrons. The number of benzene rings is 2. The second kappa shape index (κ2) is 6.41. The lowest BCUT2D eigenvalue weighted by atomic mass is 10.1. The highest BCUT2D eigenvalue weighted by Gasteiger charge is 2.44. The topological polar surface area (TPSA) is 57.7 Å². The summed E-state index contributed by atoms with van der Waals surface area (Å²) in [6, 6.07) is 10.5. The molecule has 1 atom stereocenters. The maximum absolute atomic E-state index is 13.2. The van der Waals surface area contributed by atoms with Crippen LogP contribution in [0.4, 0.5) is 5.69 Å². The average molecular weight is 389 g/mol. The minimum Gasteiger partial charge on any atom is -0.327 e. The minimum atomic E-state index is -0.642. The first-order chi connectivity index (χ1) is 12.5. The van der Waals surface area contributed by atoms with Crippen LogP contribution in [0, 0.1) is 0 Å². The largest absolute Gasteiger partial charge is 0.327 e. The van der Waals surface area contributed by atoms with Gasteiger partial charge in [0.2, 0.25) is 0 Å². The average Bonchev–Trinajstić information content (AvgIpc) is 3.10. The fraction of sp³-hybridized carbons (Fsp3) is 0.211. The monoisotopic (exact) mass is 388 g/mol. The van der Waals surface area contributed by atoms with Crippen LogP contribution in [0.25, 0.3) is 0 Å². The van der Waals surface area contributed by atoms with Gasteiger partial charge in [0.1, 0.15) is 6.04 Å². The standard InChI is InChI=1S/C19H14Cl2N2O3/c20-11-7-8-14(21)13(10-11)18(25)23-15-5-2-1-4-12(15)17(24)22-9-3-6-16(22)19(23)26/h1-2,4-5,7-8,10,16H,3,6,9H2/t16-/m0/s1. The quantitative estimate of drug-likeness (QED) is 0.698. The Hall–Kier alpha value is -2.37. The zero-order valence-electron chi connectivity index (χ0n) is 13.6. The van der Waals surface area contributed by atoms with Gasteiger partial charge in [-0.2, -0.15) is 0 Å². The molecule has 0 saturated carbocycles. The number of carbonyl (C=O) groups excluding carboxylic acids is 3. The van der Waals surface area contributed by atoms with Crippen LogP contribution in [-0.4, -0.2) is 35.2 Å². The van der Waals surface area contributed by atoms with Crippen LogP contribution < -0.4 is 4.90 Å². The molecule has 2 aromatic carbocycles. The van der Waals surface area contributed by atoms with Crippen molar-refractivity contribution in [3.05, 3.63) is 63.6 Å². The number of carbonyl (C=O) groups is 3. The van der Waals surface area contributed by atoms with Gasteiger partial charge in [0.05, 0.1) is 21.8 Å². The molecule has 7 heteroatoms. The van der Waals surface area contributed by atoms with E-state index in [1.54, 1.807) is 35.2 Å². The second-order valence-electron chi connectivity index (χ2n) is 6.28. The van der Waals surface area contributed by atoms with E-state index in [1.807, 2.05) is 0 Å². The number of para-hydroxylation sites is 1. The van der Waals surface area contributed by atoms with Gasteiger partial charge < -0.3 is 4.90 Å². The number of imide groups is 1. The highest BCUT2D eigenvalue weighted by Crippen LogP contribution is 2.34. The number of fused-ring (bicyclic) bond motifs is 2. The molecule has 3 amide bonds. The van der Waals surface area contributed by atoms with Crippen molar-refractivity contribution in [1.29, 1.82) is 0 Å². The third-order valence-corrected chi connectivity index (χ3v) is 5.32. The van der Waals surface area contributed by atoms with Crippen molar-refractivity contribution >= 4 is 46.6 Å². The maximum atomic E-state index is 13.2. The van der Waals surface area contributed by atoms with Crippen molar-refractivity contribution in [3.63, 3.8) is 0 Å². The van der Waals surface area contributed by atoms with Gasteiger partial charge >= 0.3 is 0 Å². The van der Waals surface area contributed by atoms with Crippen LogP contribution in [0.2, 0.25) is 10.0 Å². The molecule has 1 fully saturated rings. The van der Waals surface area contributed by atoms with Gasteiger partial charge in [0.15, 0.2) is 0 Å². The lowest BCUT2D eigenvalue weighted by Crippen LogP contribution is -2.47. The van der Waals surface area contributed by atoms with E-state index in [1.165, 1.54) is 12.1 Å². The van der Waals surface area contributed by atoms with Crippen LogP contribution in [0.1, 0.15) is 33.6 Å². The molecule has 2 aliphatic rings. The summed E-state index contributed by atoms with van der Waals surface area (Å²) in [4.78, 5) is 41.9. The van der Waals surface area contributed by atoms with Crippen LogP contribution in [0.5, 0.6) is 0 Å². The number of amides is 3. The highest BCUT2D eigenvalue weighted by atomic mass is 35.5. The van der Waals surface area contributed by atoms with Gasteiger partial charge in [0, 0.05) is 11.6 Å². The molecule has 0 unspecified atom stereocenters. The molecule has 4 rings (SSSR count). The molecule has 26 heavy (non-hydrogen) atoms.